The van der Waals surface area contributed by atoms with E-state index >= 15 is 0 Å². The smallest absolute Gasteiger partial charge is 0.410 e. The standard InChI is InChI=1S/C25H39ClN4O4Si/c1-24(2,3)34-23(31)29-14-17-8-7-9-18(15-29)25(17,32)20-12-19(26)13-21-22(20)27-28-30(21)16-33-10-11-35(4,5)6/h12-13,17-18,32H,7-11,14-16H2,1-6H3. The molecule has 1 saturated carbocycles. The Labute approximate surface area is 213 Å². The summed E-state index contributed by atoms with van der Waals surface area (Å²) in [7, 11) is -1.19. The number of ether oxygens (including phenoxy) is 2. The molecule has 2 unspecified atom stereocenters. The monoisotopic (exact) mass is 522 g/mol. The van der Waals surface area contributed by atoms with Gasteiger partial charge in [0.25, 0.3) is 0 Å². The van der Waals surface area contributed by atoms with Gasteiger partial charge in [-0.2, -0.15) is 0 Å². The lowest BCUT2D eigenvalue weighted by Gasteiger charge is -2.53. The predicted octanol–water partition coefficient (Wildman–Crippen LogP) is 5.25. The van der Waals surface area contributed by atoms with Gasteiger partial charge in [0, 0.05) is 50.2 Å². The summed E-state index contributed by atoms with van der Waals surface area (Å²) < 4.78 is 13.2. The first-order valence-electron chi connectivity index (χ1n) is 12.6. The highest BCUT2D eigenvalue weighted by molar-refractivity contribution is 6.76. The van der Waals surface area contributed by atoms with Gasteiger partial charge in [-0.15, -0.1) is 5.10 Å². The number of likely N-dealkylation sites (tertiary alicyclic amines) is 1. The normalized spacial score (nSPS) is 25.2. The fraction of sp³-hybridized carbons (Fsp3) is 0.720. The van der Waals surface area contributed by atoms with Crippen LogP contribution in [0.15, 0.2) is 12.1 Å². The van der Waals surface area contributed by atoms with Crippen LogP contribution in [-0.4, -0.2) is 64.5 Å². The molecule has 2 atom stereocenters. The second-order valence-electron chi connectivity index (χ2n) is 12.3. The Morgan fingerprint density at radius 1 is 1.23 bits per heavy atom. The Balaban J connectivity index is 1.61. The van der Waals surface area contributed by atoms with E-state index < -0.39 is 19.3 Å². The SMILES string of the molecule is CC(C)(C)OC(=O)N1CC2CCCC(C1)C2(O)c1cc(Cl)cc2c1nnn2COCC[Si](C)(C)C. The molecule has 1 N–H and O–H groups in total. The Kier molecular flexibility index (Phi) is 7.27. The zero-order valence-corrected chi connectivity index (χ0v) is 23.6. The third-order valence-electron chi connectivity index (χ3n) is 7.11. The number of carbonyl (C=O) groups excluding carboxylic acids is 1. The largest absolute Gasteiger partial charge is 0.444 e. The van der Waals surface area contributed by atoms with Crippen LogP contribution >= 0.6 is 11.6 Å². The fourth-order valence-electron chi connectivity index (χ4n) is 5.33. The quantitative estimate of drug-likeness (QED) is 0.411. The molecule has 1 saturated heterocycles. The van der Waals surface area contributed by atoms with Crippen molar-refractivity contribution in [3.8, 4) is 0 Å². The van der Waals surface area contributed by atoms with E-state index in [2.05, 4.69) is 30.0 Å². The summed E-state index contributed by atoms with van der Waals surface area (Å²) in [5.74, 6) is -0.273. The molecule has 1 aromatic carbocycles. The maximum atomic E-state index is 12.8. The van der Waals surface area contributed by atoms with Crippen LogP contribution in [0, 0.1) is 11.8 Å². The van der Waals surface area contributed by atoms with Crippen LogP contribution in [0.25, 0.3) is 11.0 Å². The Bertz CT molecular complexity index is 1060. The van der Waals surface area contributed by atoms with Gasteiger partial charge in [-0.25, -0.2) is 9.48 Å². The number of amides is 1. The van der Waals surface area contributed by atoms with Crippen molar-refractivity contribution in [2.45, 2.75) is 83.7 Å². The highest BCUT2D eigenvalue weighted by atomic mass is 35.5. The minimum absolute atomic E-state index is 0.137. The van der Waals surface area contributed by atoms with Gasteiger partial charge in [-0.3, -0.25) is 0 Å². The van der Waals surface area contributed by atoms with Gasteiger partial charge in [-0.05, 0) is 51.8 Å². The zero-order valence-electron chi connectivity index (χ0n) is 21.8. The summed E-state index contributed by atoms with van der Waals surface area (Å²) in [4.78, 5) is 14.6. The third kappa shape index (κ3) is 5.68. The molecule has 194 valence electrons. The minimum Gasteiger partial charge on any atom is -0.444 e. The number of hydrogen-bond acceptors (Lipinski definition) is 6. The lowest BCUT2D eigenvalue weighted by Crippen LogP contribution is -2.59. The molecule has 2 bridgehead atoms. The molecule has 1 amide bonds. The topological polar surface area (TPSA) is 89.7 Å². The third-order valence-corrected chi connectivity index (χ3v) is 9.03. The summed E-state index contributed by atoms with van der Waals surface area (Å²) in [5, 5.41) is 21.6. The highest BCUT2D eigenvalue weighted by Crippen LogP contribution is 2.51. The minimum atomic E-state index is -1.19. The molecule has 4 rings (SSSR count). The van der Waals surface area contributed by atoms with Crippen molar-refractivity contribution < 1.29 is 19.4 Å². The number of rotatable bonds is 6. The summed E-state index contributed by atoms with van der Waals surface area (Å²) in [5.41, 5.74) is 0.399. The van der Waals surface area contributed by atoms with Crippen LogP contribution in [0.5, 0.6) is 0 Å². The van der Waals surface area contributed by atoms with Gasteiger partial charge in [0.1, 0.15) is 23.4 Å². The lowest BCUT2D eigenvalue weighted by atomic mass is 9.62. The molecule has 0 spiro atoms. The number of halogens is 1. The van der Waals surface area contributed by atoms with E-state index in [1.165, 1.54) is 0 Å². The average molecular weight is 523 g/mol. The number of piperidine rings is 1. The van der Waals surface area contributed by atoms with Crippen LogP contribution < -0.4 is 0 Å². The molecule has 2 fully saturated rings. The lowest BCUT2D eigenvalue weighted by molar-refractivity contribution is -0.143. The second-order valence-corrected chi connectivity index (χ2v) is 18.4. The van der Waals surface area contributed by atoms with Gasteiger partial charge >= 0.3 is 6.09 Å². The van der Waals surface area contributed by atoms with Crippen molar-refractivity contribution in [3.05, 3.63) is 22.7 Å². The van der Waals surface area contributed by atoms with E-state index in [1.54, 1.807) is 9.58 Å². The van der Waals surface area contributed by atoms with Crippen molar-refractivity contribution in [3.63, 3.8) is 0 Å². The van der Waals surface area contributed by atoms with Crippen molar-refractivity contribution in [1.29, 1.82) is 0 Å². The molecule has 0 radical (unpaired) electrons. The fourth-order valence-corrected chi connectivity index (χ4v) is 6.30. The molecule has 1 aromatic heterocycles. The van der Waals surface area contributed by atoms with Crippen LogP contribution in [0.4, 0.5) is 4.79 Å². The van der Waals surface area contributed by atoms with E-state index in [1.807, 2.05) is 32.9 Å². The van der Waals surface area contributed by atoms with Gasteiger partial charge in [0.05, 0.1) is 5.52 Å². The number of aromatic nitrogens is 3. The zero-order chi connectivity index (χ0) is 25.6. The van der Waals surface area contributed by atoms with Crippen LogP contribution in [0.1, 0.15) is 45.6 Å². The number of fused-ring (bicyclic) bond motifs is 3. The van der Waals surface area contributed by atoms with Gasteiger partial charge in [-0.1, -0.05) is 42.9 Å². The molecule has 35 heavy (non-hydrogen) atoms. The maximum absolute atomic E-state index is 12.8. The molecule has 2 aliphatic rings. The Morgan fingerprint density at radius 2 is 1.89 bits per heavy atom. The molecular weight excluding hydrogens is 484 g/mol. The average Bonchev–Trinajstić information content (AvgIpc) is 3.10. The summed E-state index contributed by atoms with van der Waals surface area (Å²) in [6.07, 6.45) is 2.32. The number of aliphatic hydroxyl groups is 1. The molecule has 10 heteroatoms. The first-order valence-corrected chi connectivity index (χ1v) is 16.7. The van der Waals surface area contributed by atoms with Crippen molar-refractivity contribution in [2.75, 3.05) is 19.7 Å². The van der Waals surface area contributed by atoms with E-state index in [0.29, 0.717) is 42.5 Å². The van der Waals surface area contributed by atoms with Crippen molar-refractivity contribution in [2.24, 2.45) is 11.8 Å². The maximum Gasteiger partial charge on any atom is 0.410 e. The summed E-state index contributed by atoms with van der Waals surface area (Å²) in [6.45, 7) is 14.4. The number of benzene rings is 1. The Morgan fingerprint density at radius 3 is 2.49 bits per heavy atom. The molecule has 2 aromatic rings. The van der Waals surface area contributed by atoms with E-state index in [4.69, 9.17) is 21.1 Å². The van der Waals surface area contributed by atoms with E-state index in [0.717, 1.165) is 30.8 Å². The van der Waals surface area contributed by atoms with Crippen LogP contribution in [0.3, 0.4) is 0 Å². The van der Waals surface area contributed by atoms with E-state index in [9.17, 15) is 9.90 Å². The number of hydrogen-bond donors (Lipinski definition) is 1. The first-order chi connectivity index (χ1) is 16.3. The van der Waals surface area contributed by atoms with Crippen molar-refractivity contribution in [1.82, 2.24) is 19.9 Å². The van der Waals surface area contributed by atoms with Gasteiger partial charge in [0.15, 0.2) is 0 Å². The molecule has 1 aliphatic carbocycles. The van der Waals surface area contributed by atoms with Crippen LogP contribution in [-0.2, 0) is 21.8 Å². The van der Waals surface area contributed by atoms with Crippen molar-refractivity contribution >= 4 is 36.8 Å². The molecule has 8 nitrogen and oxygen atoms in total. The van der Waals surface area contributed by atoms with Gasteiger partial charge < -0.3 is 19.5 Å². The summed E-state index contributed by atoms with van der Waals surface area (Å²) >= 11 is 6.56. The predicted molar refractivity (Wildman–Crippen MR) is 139 cm³/mol. The summed E-state index contributed by atoms with van der Waals surface area (Å²) in [6, 6.07) is 4.73. The second kappa shape index (κ2) is 9.65. The highest BCUT2D eigenvalue weighted by Gasteiger charge is 2.54. The van der Waals surface area contributed by atoms with E-state index in [-0.39, 0.29) is 17.9 Å². The van der Waals surface area contributed by atoms with Crippen LogP contribution in [0.2, 0.25) is 30.7 Å². The molecular formula is C25H39ClN4O4Si. The van der Waals surface area contributed by atoms with Gasteiger partial charge in [0.2, 0.25) is 0 Å². The number of carbonyl (C=O) groups is 1. The first kappa shape index (κ1) is 26.4. The Hall–Kier alpha value is -1.68. The number of nitrogens with zero attached hydrogens (tertiary/aromatic N) is 4. The molecule has 1 aliphatic heterocycles. The molecule has 2 heterocycles.